The molecule has 0 aromatic rings. The zero-order valence-electron chi connectivity index (χ0n) is 25.1. The molecule has 0 aliphatic carbocycles. The number of unbranched alkanes of at least 4 members (excludes halogenated alkanes) is 18. The van der Waals surface area contributed by atoms with E-state index in [-0.39, 0.29) is 0 Å². The van der Waals surface area contributed by atoms with Crippen LogP contribution < -0.4 is 11.1 Å². The molecule has 0 radical (unpaired) electrons. The number of quaternary nitrogens is 1. The van der Waals surface area contributed by atoms with E-state index in [9.17, 15) is 24.9 Å². The molecule has 0 heterocycles. The highest BCUT2D eigenvalue weighted by Crippen LogP contribution is 2.11. The van der Waals surface area contributed by atoms with E-state index < -0.39 is 36.3 Å². The largest absolute Gasteiger partial charge is 0.479 e. The van der Waals surface area contributed by atoms with E-state index in [1.165, 1.54) is 103 Å². The van der Waals surface area contributed by atoms with Crippen molar-refractivity contribution < 1.29 is 40.9 Å². The van der Waals surface area contributed by atoms with Gasteiger partial charge in [0.2, 0.25) is 0 Å². The monoisotopic (exact) mass is 563 g/mol. The van der Waals surface area contributed by atoms with Gasteiger partial charge in [0.25, 0.3) is 5.91 Å². The number of carboxylic acids is 1. The SMILES string of the molecule is CCCCCCCCCCCCNC(=O)[C@@H](O)[C@H](O)[C@@H](O)[C@@H](O)C(=O)O.CCCCCCCCCCCC[NH3+]. The maximum Gasteiger partial charge on any atom is 0.335 e. The second-order valence-corrected chi connectivity index (χ2v) is 10.7. The van der Waals surface area contributed by atoms with Gasteiger partial charge in [-0.3, -0.25) is 4.79 Å². The fraction of sp³-hybridized carbons (Fsp3) is 0.933. The van der Waals surface area contributed by atoms with Crippen molar-refractivity contribution in [2.24, 2.45) is 0 Å². The molecule has 0 saturated carbocycles. The molecule has 0 rings (SSSR count). The number of aliphatic carboxylic acids is 1. The third-order valence-electron chi connectivity index (χ3n) is 6.95. The van der Waals surface area contributed by atoms with Crippen LogP contribution in [0.3, 0.4) is 0 Å². The van der Waals surface area contributed by atoms with Gasteiger partial charge in [-0.25, -0.2) is 4.79 Å². The Labute approximate surface area is 238 Å². The molecule has 4 atom stereocenters. The molecule has 0 spiro atoms. The highest BCUT2D eigenvalue weighted by molar-refractivity contribution is 5.81. The van der Waals surface area contributed by atoms with Crippen molar-refractivity contribution in [2.75, 3.05) is 13.1 Å². The molecule has 1 amide bonds. The lowest BCUT2D eigenvalue weighted by molar-refractivity contribution is -0.368. The van der Waals surface area contributed by atoms with Gasteiger partial charge in [-0.15, -0.1) is 0 Å². The number of carbonyl (C=O) groups excluding carboxylic acids is 1. The number of nitrogens with one attached hydrogen (secondary N) is 1. The summed E-state index contributed by atoms with van der Waals surface area (Å²) in [6.45, 7) is 5.91. The lowest BCUT2D eigenvalue weighted by Crippen LogP contribution is -2.52. The maximum absolute atomic E-state index is 11.7. The fourth-order valence-corrected chi connectivity index (χ4v) is 4.27. The average molecular weight is 564 g/mol. The van der Waals surface area contributed by atoms with Crippen molar-refractivity contribution in [3.63, 3.8) is 0 Å². The quantitative estimate of drug-likeness (QED) is 0.0785. The smallest absolute Gasteiger partial charge is 0.335 e. The highest BCUT2D eigenvalue weighted by Gasteiger charge is 2.37. The zero-order valence-corrected chi connectivity index (χ0v) is 25.1. The number of carboxylic acid groups (broad SMARTS) is 1. The van der Waals surface area contributed by atoms with Crippen LogP contribution >= 0.6 is 0 Å². The first-order chi connectivity index (χ1) is 18.7. The summed E-state index contributed by atoms with van der Waals surface area (Å²) in [5.74, 6) is -2.67. The predicted octanol–water partition coefficient (Wildman–Crippen LogP) is 3.70. The lowest BCUT2D eigenvalue weighted by Gasteiger charge is -2.23. The summed E-state index contributed by atoms with van der Waals surface area (Å²) in [4.78, 5) is 22.2. The summed E-state index contributed by atoms with van der Waals surface area (Å²) in [7, 11) is 0. The number of hydrogen-bond acceptors (Lipinski definition) is 6. The predicted molar refractivity (Wildman–Crippen MR) is 156 cm³/mol. The van der Waals surface area contributed by atoms with Crippen molar-refractivity contribution in [2.45, 2.75) is 167 Å². The van der Waals surface area contributed by atoms with Gasteiger partial charge in [0.05, 0.1) is 6.54 Å². The maximum atomic E-state index is 11.7. The molecule has 0 bridgehead atoms. The minimum absolute atomic E-state index is 0.316. The molecule has 0 aliphatic heterocycles. The molecule has 39 heavy (non-hydrogen) atoms. The molecule has 234 valence electrons. The third kappa shape index (κ3) is 25.5. The van der Waals surface area contributed by atoms with E-state index in [0.29, 0.717) is 6.54 Å². The lowest BCUT2D eigenvalue weighted by atomic mass is 10.0. The minimum Gasteiger partial charge on any atom is -0.479 e. The van der Waals surface area contributed by atoms with Crippen LogP contribution in [0.2, 0.25) is 0 Å². The Kier molecular flexibility index (Phi) is 30.4. The molecule has 0 unspecified atom stereocenters. The second kappa shape index (κ2) is 29.7. The summed E-state index contributed by atoms with van der Waals surface area (Å²) in [6.07, 6.45) is 17.2. The number of aliphatic hydroxyl groups excluding tert-OH is 4. The number of amides is 1. The Bertz CT molecular complexity index is 541. The van der Waals surface area contributed by atoms with Crippen LogP contribution in [-0.2, 0) is 9.59 Å². The summed E-state index contributed by atoms with van der Waals surface area (Å²) in [6, 6.07) is 0. The molecular weight excluding hydrogens is 500 g/mol. The van der Waals surface area contributed by atoms with Crippen molar-refractivity contribution >= 4 is 11.9 Å². The standard InChI is InChI=1S/C18H35NO7.C12H27N/c1-2-3-4-5-6-7-8-9-10-11-12-19-17(24)15(22)13(20)14(21)16(23)18(25)26;1-2-3-4-5-6-7-8-9-10-11-12-13/h13-16,20-23H,2-12H2,1H3,(H,19,24)(H,25,26);2-13H2,1H3/p+1/t13-,14-,15+,16-;/m1./s1. The Morgan fingerprint density at radius 1 is 0.564 bits per heavy atom. The van der Waals surface area contributed by atoms with Gasteiger partial charge in [-0.05, 0) is 19.3 Å². The first kappa shape index (κ1) is 39.9. The normalized spacial score (nSPS) is 14.1. The van der Waals surface area contributed by atoms with Crippen LogP contribution in [0.5, 0.6) is 0 Å². The van der Waals surface area contributed by atoms with E-state index in [0.717, 1.165) is 32.2 Å². The Morgan fingerprint density at radius 3 is 1.26 bits per heavy atom. The molecule has 0 aromatic carbocycles. The molecular formula is C30H63N2O7+. The summed E-state index contributed by atoms with van der Waals surface area (Å²) >= 11 is 0. The zero-order chi connectivity index (χ0) is 29.7. The number of hydrogen-bond donors (Lipinski definition) is 7. The van der Waals surface area contributed by atoms with Crippen LogP contribution in [0.25, 0.3) is 0 Å². The highest BCUT2D eigenvalue weighted by atomic mass is 16.4. The first-order valence-electron chi connectivity index (χ1n) is 15.8. The van der Waals surface area contributed by atoms with Gasteiger partial charge >= 0.3 is 5.97 Å². The summed E-state index contributed by atoms with van der Waals surface area (Å²) < 4.78 is 0. The summed E-state index contributed by atoms with van der Waals surface area (Å²) in [5, 5.41) is 48.7. The fourth-order valence-electron chi connectivity index (χ4n) is 4.27. The second-order valence-electron chi connectivity index (χ2n) is 10.7. The van der Waals surface area contributed by atoms with E-state index >= 15 is 0 Å². The molecule has 9 heteroatoms. The molecule has 9 N–H and O–H groups in total. The van der Waals surface area contributed by atoms with E-state index in [1.54, 1.807) is 0 Å². The average Bonchev–Trinajstić information content (AvgIpc) is 2.93. The van der Waals surface area contributed by atoms with Gasteiger partial charge < -0.3 is 36.6 Å². The topological polar surface area (TPSA) is 175 Å². The molecule has 0 fully saturated rings. The van der Waals surface area contributed by atoms with Gasteiger partial charge in [0, 0.05) is 6.54 Å². The van der Waals surface area contributed by atoms with Gasteiger partial charge in [-0.2, -0.15) is 0 Å². The van der Waals surface area contributed by atoms with Crippen LogP contribution in [0, 0.1) is 0 Å². The van der Waals surface area contributed by atoms with Crippen LogP contribution in [0.1, 0.15) is 142 Å². The van der Waals surface area contributed by atoms with Crippen molar-refractivity contribution in [1.29, 1.82) is 0 Å². The Balaban J connectivity index is 0. The van der Waals surface area contributed by atoms with Crippen molar-refractivity contribution in [3.05, 3.63) is 0 Å². The van der Waals surface area contributed by atoms with Gasteiger partial charge in [-0.1, -0.05) is 123 Å². The Hall–Kier alpha value is -1.26. The Morgan fingerprint density at radius 2 is 0.897 bits per heavy atom. The van der Waals surface area contributed by atoms with Gasteiger partial charge in [0.15, 0.2) is 12.2 Å². The molecule has 0 aromatic heterocycles. The number of carbonyl (C=O) groups is 2. The molecule has 0 saturated heterocycles. The van der Waals surface area contributed by atoms with E-state index in [1.807, 2.05) is 0 Å². The van der Waals surface area contributed by atoms with Crippen molar-refractivity contribution in [1.82, 2.24) is 5.32 Å². The van der Waals surface area contributed by atoms with Crippen LogP contribution in [0.4, 0.5) is 0 Å². The van der Waals surface area contributed by atoms with Gasteiger partial charge in [0.1, 0.15) is 12.2 Å². The van der Waals surface area contributed by atoms with E-state index in [4.69, 9.17) is 10.2 Å². The van der Waals surface area contributed by atoms with E-state index in [2.05, 4.69) is 24.9 Å². The third-order valence-corrected chi connectivity index (χ3v) is 6.95. The first-order valence-corrected chi connectivity index (χ1v) is 15.8. The minimum atomic E-state index is -2.28. The number of rotatable bonds is 26. The van der Waals surface area contributed by atoms with Crippen molar-refractivity contribution in [3.8, 4) is 0 Å². The van der Waals surface area contributed by atoms with Crippen LogP contribution in [0.15, 0.2) is 0 Å². The molecule has 9 nitrogen and oxygen atoms in total. The summed E-state index contributed by atoms with van der Waals surface area (Å²) in [5.41, 5.74) is 3.85. The molecule has 0 aliphatic rings. The number of aliphatic hydroxyl groups is 4. The van der Waals surface area contributed by atoms with Crippen LogP contribution in [-0.4, -0.2) is 74.9 Å².